The van der Waals surface area contributed by atoms with Crippen LogP contribution in [-0.2, 0) is 11.0 Å². The Kier molecular flexibility index (Phi) is 5.17. The smallest absolute Gasteiger partial charge is 0.351 e. The maximum atomic E-state index is 13.3. The fourth-order valence-electron chi connectivity index (χ4n) is 4.45. The molecule has 2 amide bonds. The van der Waals surface area contributed by atoms with Crippen LogP contribution in [0.25, 0.3) is 0 Å². The van der Waals surface area contributed by atoms with Crippen molar-refractivity contribution in [1.29, 1.82) is 0 Å². The average molecular weight is 422 g/mol. The highest BCUT2D eigenvalue weighted by molar-refractivity contribution is 5.93. The number of fused-ring (bicyclic) bond motifs is 1. The second-order valence-corrected chi connectivity index (χ2v) is 7.73. The van der Waals surface area contributed by atoms with E-state index in [4.69, 9.17) is 0 Å². The Morgan fingerprint density at radius 2 is 1.97 bits per heavy atom. The summed E-state index contributed by atoms with van der Waals surface area (Å²) in [5.41, 5.74) is -0.963. The highest BCUT2D eigenvalue weighted by Gasteiger charge is 2.46. The molecule has 0 spiro atoms. The van der Waals surface area contributed by atoms with Gasteiger partial charge < -0.3 is 20.2 Å². The minimum absolute atomic E-state index is 0.0333. The van der Waals surface area contributed by atoms with E-state index in [-0.39, 0.29) is 23.7 Å². The molecule has 3 heterocycles. The van der Waals surface area contributed by atoms with Gasteiger partial charge in [0, 0.05) is 12.6 Å². The van der Waals surface area contributed by atoms with Crippen LogP contribution in [-0.4, -0.2) is 38.8 Å². The third-order valence-corrected chi connectivity index (χ3v) is 5.79. The number of halogens is 3. The van der Waals surface area contributed by atoms with Crippen molar-refractivity contribution in [2.45, 2.75) is 56.4 Å². The topological polar surface area (TPSA) is 98.1 Å². The van der Waals surface area contributed by atoms with Gasteiger partial charge in [-0.2, -0.15) is 13.2 Å². The molecule has 30 heavy (non-hydrogen) atoms. The van der Waals surface area contributed by atoms with Crippen LogP contribution in [0.4, 0.5) is 13.2 Å². The largest absolute Gasteiger partial charge is 0.416 e. The van der Waals surface area contributed by atoms with Crippen molar-refractivity contribution in [3.05, 3.63) is 57.8 Å². The number of hydrogen-bond donors (Lipinski definition) is 3. The number of benzene rings is 1. The number of rotatable bonds is 2. The zero-order valence-electron chi connectivity index (χ0n) is 16.0. The van der Waals surface area contributed by atoms with Gasteiger partial charge in [-0.3, -0.25) is 9.59 Å². The number of imidazole rings is 1. The number of amides is 2. The first-order chi connectivity index (χ1) is 14.2. The number of carbonyl (C=O) groups excluding carboxylic acids is 2. The van der Waals surface area contributed by atoms with Crippen LogP contribution >= 0.6 is 0 Å². The first-order valence-electron chi connectivity index (χ1n) is 9.81. The van der Waals surface area contributed by atoms with Crippen molar-refractivity contribution < 1.29 is 22.8 Å². The number of H-pyrrole nitrogens is 2. The lowest BCUT2D eigenvalue weighted by molar-refractivity contribution is -0.137. The summed E-state index contributed by atoms with van der Waals surface area (Å²) in [7, 11) is 0. The molecule has 0 unspecified atom stereocenters. The van der Waals surface area contributed by atoms with Gasteiger partial charge in [0.1, 0.15) is 5.69 Å². The Hall–Kier alpha value is -3.04. The minimum Gasteiger partial charge on any atom is -0.351 e. The van der Waals surface area contributed by atoms with Gasteiger partial charge in [-0.25, -0.2) is 4.79 Å². The number of hydrogen-bond acceptors (Lipinski definition) is 3. The molecule has 7 nitrogen and oxygen atoms in total. The number of carbonyl (C=O) groups is 2. The van der Waals surface area contributed by atoms with Crippen LogP contribution in [0.5, 0.6) is 0 Å². The standard InChI is InChI=1S/C20H21F3N4O3/c21-20(22,23)12-5-3-4-11(8-12)16-9-13-15(6-1-2-7-17(28)25-13)27(16)18(29)14-10-24-19(30)26-14/h3-5,8,10,13,15-16H,1-2,6-7,9H2,(H,25,28)(H2,24,26,30)/t13-,15+,16+/m1/s1. The van der Waals surface area contributed by atoms with E-state index >= 15 is 0 Å². The molecule has 2 saturated heterocycles. The van der Waals surface area contributed by atoms with E-state index < -0.39 is 29.4 Å². The Morgan fingerprint density at radius 1 is 1.17 bits per heavy atom. The summed E-state index contributed by atoms with van der Waals surface area (Å²) in [6.07, 6.45) is -0.562. The molecular formula is C20H21F3N4O3. The van der Waals surface area contributed by atoms with Crippen LogP contribution < -0.4 is 11.0 Å². The molecule has 1 aromatic carbocycles. The summed E-state index contributed by atoms with van der Waals surface area (Å²) in [6, 6.07) is 3.50. The number of aromatic nitrogens is 2. The molecule has 4 rings (SSSR count). The van der Waals surface area contributed by atoms with Crippen molar-refractivity contribution >= 4 is 11.8 Å². The molecule has 1 aromatic heterocycles. The zero-order chi connectivity index (χ0) is 21.5. The fourth-order valence-corrected chi connectivity index (χ4v) is 4.45. The molecule has 0 saturated carbocycles. The molecule has 2 aliphatic heterocycles. The second-order valence-electron chi connectivity index (χ2n) is 7.73. The second kappa shape index (κ2) is 7.66. The van der Waals surface area contributed by atoms with Gasteiger partial charge in [-0.1, -0.05) is 18.6 Å². The van der Waals surface area contributed by atoms with E-state index in [1.165, 1.54) is 17.2 Å². The van der Waals surface area contributed by atoms with E-state index in [1.54, 1.807) is 6.07 Å². The number of likely N-dealkylation sites (tertiary alicyclic amines) is 1. The van der Waals surface area contributed by atoms with Crippen molar-refractivity contribution in [3.8, 4) is 0 Å². The van der Waals surface area contributed by atoms with Crippen molar-refractivity contribution in [3.63, 3.8) is 0 Å². The SMILES string of the molecule is O=C1CCCC[C@H]2[C@@H](C[C@@H](c3cccc(C(F)(F)F)c3)N2C(=O)c2c[nH]c(=O)[nH]2)N1. The van der Waals surface area contributed by atoms with Gasteiger partial charge in [0.2, 0.25) is 5.91 Å². The summed E-state index contributed by atoms with van der Waals surface area (Å²) in [5.74, 6) is -0.616. The van der Waals surface area contributed by atoms with Crippen LogP contribution in [0.2, 0.25) is 0 Å². The van der Waals surface area contributed by atoms with E-state index in [0.717, 1.165) is 18.6 Å². The Bertz CT molecular complexity index is 1010. The number of nitrogens with one attached hydrogen (secondary N) is 3. The molecule has 3 atom stereocenters. The van der Waals surface area contributed by atoms with Gasteiger partial charge >= 0.3 is 11.9 Å². The van der Waals surface area contributed by atoms with Crippen molar-refractivity contribution in [2.24, 2.45) is 0 Å². The average Bonchev–Trinajstić information content (AvgIpc) is 3.26. The Balaban J connectivity index is 1.75. The predicted molar refractivity (Wildman–Crippen MR) is 101 cm³/mol. The van der Waals surface area contributed by atoms with Crippen LogP contribution in [0.1, 0.15) is 59.8 Å². The van der Waals surface area contributed by atoms with Gasteiger partial charge in [0.05, 0.1) is 23.7 Å². The fraction of sp³-hybridized carbons (Fsp3) is 0.450. The van der Waals surface area contributed by atoms with E-state index in [2.05, 4.69) is 15.3 Å². The van der Waals surface area contributed by atoms with Crippen molar-refractivity contribution in [1.82, 2.24) is 20.2 Å². The molecule has 0 radical (unpaired) electrons. The molecule has 2 fully saturated rings. The molecule has 10 heteroatoms. The summed E-state index contributed by atoms with van der Waals surface area (Å²) in [5, 5.41) is 2.93. The lowest BCUT2D eigenvalue weighted by Crippen LogP contribution is -2.48. The molecule has 0 bridgehead atoms. The van der Waals surface area contributed by atoms with Gasteiger partial charge in [-0.05, 0) is 37.0 Å². The molecule has 2 aliphatic rings. The highest BCUT2D eigenvalue weighted by atomic mass is 19.4. The van der Waals surface area contributed by atoms with Crippen LogP contribution in [0.15, 0.2) is 35.3 Å². The first kappa shape index (κ1) is 20.2. The first-order valence-corrected chi connectivity index (χ1v) is 9.81. The highest BCUT2D eigenvalue weighted by Crippen LogP contribution is 2.41. The summed E-state index contributed by atoms with van der Waals surface area (Å²) >= 11 is 0. The van der Waals surface area contributed by atoms with Gasteiger partial charge in [0.25, 0.3) is 5.91 Å². The Morgan fingerprint density at radius 3 is 2.67 bits per heavy atom. The number of aromatic amines is 2. The van der Waals surface area contributed by atoms with Crippen molar-refractivity contribution in [2.75, 3.05) is 0 Å². The molecule has 2 aromatic rings. The van der Waals surface area contributed by atoms with Gasteiger partial charge in [-0.15, -0.1) is 0 Å². The number of alkyl halides is 3. The van der Waals surface area contributed by atoms with E-state index in [0.29, 0.717) is 31.2 Å². The monoisotopic (exact) mass is 422 g/mol. The Labute approximate surface area is 169 Å². The quantitative estimate of drug-likeness (QED) is 0.694. The third-order valence-electron chi connectivity index (χ3n) is 5.79. The number of nitrogens with zero attached hydrogens (tertiary/aromatic N) is 1. The minimum atomic E-state index is -4.51. The summed E-state index contributed by atoms with van der Waals surface area (Å²) in [6.45, 7) is 0. The maximum Gasteiger partial charge on any atom is 0.416 e. The lowest BCUT2D eigenvalue weighted by Gasteiger charge is -2.33. The van der Waals surface area contributed by atoms with Crippen LogP contribution in [0, 0.1) is 0 Å². The third kappa shape index (κ3) is 3.86. The normalized spacial score (nSPS) is 24.7. The summed E-state index contributed by atoms with van der Waals surface area (Å²) in [4.78, 5) is 43.2. The molecule has 0 aliphatic carbocycles. The maximum absolute atomic E-state index is 13.3. The summed E-state index contributed by atoms with van der Waals surface area (Å²) < 4.78 is 39.8. The molecule has 160 valence electrons. The lowest BCUT2D eigenvalue weighted by atomic mass is 9.97. The van der Waals surface area contributed by atoms with Crippen LogP contribution in [0.3, 0.4) is 0 Å². The molecule has 3 N–H and O–H groups in total. The zero-order valence-corrected chi connectivity index (χ0v) is 16.0. The molecular weight excluding hydrogens is 401 g/mol. The van der Waals surface area contributed by atoms with E-state index in [1.807, 2.05) is 0 Å². The predicted octanol–water partition coefficient (Wildman–Crippen LogP) is 2.74. The van der Waals surface area contributed by atoms with Gasteiger partial charge in [0.15, 0.2) is 0 Å². The van der Waals surface area contributed by atoms with E-state index in [9.17, 15) is 27.6 Å².